The van der Waals surface area contributed by atoms with Crippen molar-refractivity contribution in [1.29, 1.82) is 0 Å². The quantitative estimate of drug-likeness (QED) is 0.583. The van der Waals surface area contributed by atoms with Gasteiger partial charge in [0.05, 0.1) is 10.5 Å². The molecule has 0 atom stereocenters. The molecule has 0 saturated heterocycles. The summed E-state index contributed by atoms with van der Waals surface area (Å²) >= 11 is 0. The van der Waals surface area contributed by atoms with Crippen LogP contribution in [0.2, 0.25) is 0 Å². The Morgan fingerprint density at radius 3 is 2.50 bits per heavy atom. The van der Waals surface area contributed by atoms with Crippen molar-refractivity contribution < 1.29 is 18.5 Å². The van der Waals surface area contributed by atoms with Crippen molar-refractivity contribution in [3.63, 3.8) is 0 Å². The van der Waals surface area contributed by atoms with E-state index in [0.717, 1.165) is 0 Å². The Balaban J connectivity index is 3.49. The number of halogens is 2. The number of anilines is 1. The van der Waals surface area contributed by atoms with E-state index in [1.165, 1.54) is 0 Å². The highest BCUT2D eigenvalue weighted by molar-refractivity contribution is 5.95. The van der Waals surface area contributed by atoms with Gasteiger partial charge in [-0.05, 0) is 0 Å². The molecule has 0 unspecified atom stereocenters. The first-order chi connectivity index (χ1) is 7.34. The van der Waals surface area contributed by atoms with Crippen molar-refractivity contribution in [2.24, 2.45) is 5.73 Å². The van der Waals surface area contributed by atoms with Gasteiger partial charge in [-0.15, -0.1) is 0 Å². The molecule has 86 valence electrons. The van der Waals surface area contributed by atoms with Crippen molar-refractivity contribution in [3.8, 4) is 0 Å². The smallest absolute Gasteiger partial charge is 0.301 e. The van der Waals surface area contributed by atoms with E-state index in [1.54, 1.807) is 0 Å². The standard InChI is InChI=1S/C7H6F2N4O3/c8-5(9)2-1-3(13(15)16)4(7(11)14)12-6(2)10/h1,5H,(H2,10,12)(H2,11,14). The first-order valence-electron chi connectivity index (χ1n) is 3.87. The largest absolute Gasteiger partial charge is 0.383 e. The fraction of sp³-hybridized carbons (Fsp3) is 0.143. The summed E-state index contributed by atoms with van der Waals surface area (Å²) in [5, 5.41) is 10.5. The highest BCUT2D eigenvalue weighted by atomic mass is 19.3. The van der Waals surface area contributed by atoms with Crippen LogP contribution in [0.5, 0.6) is 0 Å². The number of primary amides is 1. The van der Waals surface area contributed by atoms with Gasteiger partial charge in [0.15, 0.2) is 0 Å². The maximum Gasteiger partial charge on any atom is 0.301 e. The van der Waals surface area contributed by atoms with Gasteiger partial charge in [0.25, 0.3) is 12.3 Å². The maximum absolute atomic E-state index is 12.3. The number of nitrogens with two attached hydrogens (primary N) is 2. The molecule has 9 heteroatoms. The van der Waals surface area contributed by atoms with Gasteiger partial charge in [0.1, 0.15) is 5.82 Å². The second-order valence-electron chi connectivity index (χ2n) is 2.75. The average molecular weight is 232 g/mol. The number of hydrogen-bond acceptors (Lipinski definition) is 5. The number of amides is 1. The van der Waals surface area contributed by atoms with Crippen LogP contribution in [0.4, 0.5) is 20.3 Å². The van der Waals surface area contributed by atoms with Gasteiger partial charge in [-0.2, -0.15) is 0 Å². The molecule has 0 aliphatic carbocycles. The predicted octanol–water partition coefficient (Wildman–Crippen LogP) is 0.608. The van der Waals surface area contributed by atoms with E-state index in [2.05, 4.69) is 4.98 Å². The second kappa shape index (κ2) is 4.04. The van der Waals surface area contributed by atoms with Crippen molar-refractivity contribution in [2.75, 3.05) is 5.73 Å². The zero-order valence-electron chi connectivity index (χ0n) is 7.68. The number of pyridine rings is 1. The third-order valence-electron chi connectivity index (χ3n) is 1.73. The molecule has 4 N–H and O–H groups in total. The van der Waals surface area contributed by atoms with Crippen LogP contribution in [0.1, 0.15) is 22.5 Å². The van der Waals surface area contributed by atoms with Crippen LogP contribution < -0.4 is 11.5 Å². The third-order valence-corrected chi connectivity index (χ3v) is 1.73. The molecule has 1 aromatic rings. The number of alkyl halides is 2. The van der Waals surface area contributed by atoms with Gasteiger partial charge in [-0.1, -0.05) is 0 Å². The molecule has 1 rings (SSSR count). The summed E-state index contributed by atoms with van der Waals surface area (Å²) in [5.74, 6) is -1.87. The van der Waals surface area contributed by atoms with Gasteiger partial charge in [-0.3, -0.25) is 14.9 Å². The van der Waals surface area contributed by atoms with Gasteiger partial charge in [0.2, 0.25) is 5.69 Å². The summed E-state index contributed by atoms with van der Waals surface area (Å²) in [4.78, 5) is 23.4. The monoisotopic (exact) mass is 232 g/mol. The van der Waals surface area contributed by atoms with Crippen LogP contribution in [0.15, 0.2) is 6.07 Å². The van der Waals surface area contributed by atoms with Crippen molar-refractivity contribution in [3.05, 3.63) is 27.4 Å². The minimum Gasteiger partial charge on any atom is -0.383 e. The zero-order valence-corrected chi connectivity index (χ0v) is 7.68. The van der Waals surface area contributed by atoms with Gasteiger partial charge < -0.3 is 11.5 Å². The van der Waals surface area contributed by atoms with Crippen molar-refractivity contribution >= 4 is 17.4 Å². The first-order valence-corrected chi connectivity index (χ1v) is 3.87. The number of rotatable bonds is 3. The lowest BCUT2D eigenvalue weighted by Gasteiger charge is -2.05. The van der Waals surface area contributed by atoms with Crippen LogP contribution in [0.3, 0.4) is 0 Å². The topological polar surface area (TPSA) is 125 Å². The number of hydrogen-bond donors (Lipinski definition) is 2. The zero-order chi connectivity index (χ0) is 12.5. The van der Waals surface area contributed by atoms with Crippen LogP contribution in [-0.4, -0.2) is 15.8 Å². The molecule has 16 heavy (non-hydrogen) atoms. The van der Waals surface area contributed by atoms with E-state index in [0.29, 0.717) is 6.07 Å². The molecule has 7 nitrogen and oxygen atoms in total. The second-order valence-corrected chi connectivity index (χ2v) is 2.75. The lowest BCUT2D eigenvalue weighted by atomic mass is 10.2. The summed E-state index contributed by atoms with van der Waals surface area (Å²) in [5.41, 5.74) is 7.46. The van der Waals surface area contributed by atoms with Crippen LogP contribution >= 0.6 is 0 Å². The summed E-state index contributed by atoms with van der Waals surface area (Å²) in [6, 6.07) is 0.493. The minimum absolute atomic E-state index is 0.493. The van der Waals surface area contributed by atoms with Crippen LogP contribution in [-0.2, 0) is 0 Å². The fourth-order valence-corrected chi connectivity index (χ4v) is 1.03. The maximum atomic E-state index is 12.3. The molecule has 0 aliphatic rings. The normalized spacial score (nSPS) is 10.4. The lowest BCUT2D eigenvalue weighted by molar-refractivity contribution is -0.385. The van der Waals surface area contributed by atoms with E-state index >= 15 is 0 Å². The molecule has 1 heterocycles. The van der Waals surface area contributed by atoms with E-state index < -0.39 is 40.0 Å². The Morgan fingerprint density at radius 2 is 2.12 bits per heavy atom. The van der Waals surface area contributed by atoms with Crippen LogP contribution in [0.25, 0.3) is 0 Å². The number of aromatic nitrogens is 1. The average Bonchev–Trinajstić information content (AvgIpc) is 2.15. The third kappa shape index (κ3) is 2.02. The SMILES string of the molecule is NC(=O)c1nc(N)c(C(F)F)cc1[N+](=O)[O-]. The molecular formula is C7H6F2N4O3. The number of nitrogens with zero attached hydrogens (tertiary/aromatic N) is 2. The van der Waals surface area contributed by atoms with E-state index in [9.17, 15) is 23.7 Å². The Morgan fingerprint density at radius 1 is 1.56 bits per heavy atom. The molecule has 1 amide bonds. The minimum atomic E-state index is -3.02. The Bertz CT molecular complexity index is 463. The molecule has 0 saturated carbocycles. The van der Waals surface area contributed by atoms with Crippen molar-refractivity contribution in [2.45, 2.75) is 6.43 Å². The number of carbonyl (C=O) groups is 1. The molecule has 0 fully saturated rings. The van der Waals surface area contributed by atoms with E-state index in [-0.39, 0.29) is 0 Å². The molecule has 0 aliphatic heterocycles. The fourth-order valence-electron chi connectivity index (χ4n) is 1.03. The highest BCUT2D eigenvalue weighted by Gasteiger charge is 2.25. The Kier molecular flexibility index (Phi) is 2.97. The molecule has 0 aromatic carbocycles. The highest BCUT2D eigenvalue weighted by Crippen LogP contribution is 2.29. The summed E-state index contributed by atoms with van der Waals surface area (Å²) in [7, 11) is 0. The molecule has 0 spiro atoms. The van der Waals surface area contributed by atoms with Gasteiger partial charge >= 0.3 is 5.69 Å². The van der Waals surface area contributed by atoms with Gasteiger partial charge in [-0.25, -0.2) is 13.8 Å². The number of nitro groups is 1. The predicted molar refractivity (Wildman–Crippen MR) is 48.8 cm³/mol. The molecule has 0 bridgehead atoms. The van der Waals surface area contributed by atoms with Crippen molar-refractivity contribution in [1.82, 2.24) is 4.98 Å². The number of carbonyl (C=O) groups excluding carboxylic acids is 1. The first kappa shape index (κ1) is 11.8. The summed E-state index contributed by atoms with van der Waals surface area (Å²) in [6.45, 7) is 0. The molecule has 1 aromatic heterocycles. The summed E-state index contributed by atoms with van der Waals surface area (Å²) in [6.07, 6.45) is -3.02. The van der Waals surface area contributed by atoms with Crippen LogP contribution in [0, 0.1) is 10.1 Å². The Hall–Kier alpha value is -2.32. The molecular weight excluding hydrogens is 226 g/mol. The van der Waals surface area contributed by atoms with E-state index in [4.69, 9.17) is 11.5 Å². The number of nitrogen functional groups attached to an aromatic ring is 1. The summed E-state index contributed by atoms with van der Waals surface area (Å²) < 4.78 is 24.7. The Labute approximate surface area is 87.2 Å². The molecule has 0 radical (unpaired) electrons. The lowest BCUT2D eigenvalue weighted by Crippen LogP contribution is -2.17. The van der Waals surface area contributed by atoms with Gasteiger partial charge in [0, 0.05) is 6.07 Å². The van der Waals surface area contributed by atoms with E-state index in [1.807, 2.05) is 0 Å².